The fourth-order valence-corrected chi connectivity index (χ4v) is 4.02. The summed E-state index contributed by atoms with van der Waals surface area (Å²) in [4.78, 5) is 23.4. The molecule has 5 rings (SSSR count). The molecule has 1 aliphatic heterocycles. The zero-order valence-corrected chi connectivity index (χ0v) is 18.9. The van der Waals surface area contributed by atoms with Crippen LogP contribution in [0.5, 0.6) is 0 Å². The lowest BCUT2D eigenvalue weighted by molar-refractivity contribution is -0.117. The molecule has 0 bridgehead atoms. The zero-order chi connectivity index (χ0) is 22.8. The van der Waals surface area contributed by atoms with Gasteiger partial charge in [-0.3, -0.25) is 4.79 Å². The normalized spacial score (nSPS) is 17.9. The van der Waals surface area contributed by atoms with Crippen molar-refractivity contribution in [2.75, 3.05) is 42.3 Å². The van der Waals surface area contributed by atoms with E-state index in [1.807, 2.05) is 25.2 Å². The number of anilines is 3. The van der Waals surface area contributed by atoms with Gasteiger partial charge in [-0.1, -0.05) is 11.8 Å². The summed E-state index contributed by atoms with van der Waals surface area (Å²) in [6, 6.07) is 10.2. The maximum Gasteiger partial charge on any atom is 0.228 e. The number of fused-ring (bicyclic) bond motifs is 1. The molecule has 3 heterocycles. The molecule has 168 valence electrons. The van der Waals surface area contributed by atoms with Crippen LogP contribution in [0.25, 0.3) is 10.8 Å². The molecule has 2 fully saturated rings. The number of hydrogen-bond acceptors (Lipinski definition) is 6. The Labute approximate surface area is 193 Å². The third-order valence-electron chi connectivity index (χ3n) is 6.02. The fraction of sp³-hybridized carbons (Fsp3) is 0.346. The molecule has 1 saturated carbocycles. The fourth-order valence-electron chi connectivity index (χ4n) is 4.02. The Hall–Kier alpha value is -3.63. The highest BCUT2D eigenvalue weighted by Crippen LogP contribution is 2.31. The number of carbonyl (C=O) groups excluding carboxylic acids is 1. The number of rotatable bonds is 4. The van der Waals surface area contributed by atoms with E-state index in [2.05, 4.69) is 56.4 Å². The minimum absolute atomic E-state index is 0.0344. The molecule has 33 heavy (non-hydrogen) atoms. The van der Waals surface area contributed by atoms with Gasteiger partial charge in [-0.05, 0) is 50.1 Å². The summed E-state index contributed by atoms with van der Waals surface area (Å²) < 4.78 is 5.63. The number of ether oxygens (including phenoxy) is 1. The predicted molar refractivity (Wildman–Crippen MR) is 130 cm³/mol. The smallest absolute Gasteiger partial charge is 0.228 e. The van der Waals surface area contributed by atoms with Crippen LogP contribution in [0.3, 0.4) is 0 Å². The Kier molecular flexibility index (Phi) is 5.84. The van der Waals surface area contributed by atoms with Crippen LogP contribution in [0.2, 0.25) is 0 Å². The topological polar surface area (TPSA) is 79.4 Å². The van der Waals surface area contributed by atoms with E-state index in [9.17, 15) is 4.79 Å². The van der Waals surface area contributed by atoms with Gasteiger partial charge in [-0.15, -0.1) is 0 Å². The maximum absolute atomic E-state index is 12.2. The van der Waals surface area contributed by atoms with Crippen molar-refractivity contribution >= 4 is 34.0 Å². The monoisotopic (exact) mass is 441 g/mol. The lowest BCUT2D eigenvalue weighted by atomic mass is 10.1. The van der Waals surface area contributed by atoms with Gasteiger partial charge in [0.2, 0.25) is 5.91 Å². The first kappa shape index (κ1) is 21.2. The Morgan fingerprint density at radius 2 is 1.94 bits per heavy atom. The summed E-state index contributed by atoms with van der Waals surface area (Å²) in [6.45, 7) is 4.65. The van der Waals surface area contributed by atoms with Crippen LogP contribution in [0.1, 0.15) is 30.9 Å². The summed E-state index contributed by atoms with van der Waals surface area (Å²) in [7, 11) is 1.83. The second kappa shape index (κ2) is 9.08. The van der Waals surface area contributed by atoms with E-state index in [-0.39, 0.29) is 17.9 Å². The summed E-state index contributed by atoms with van der Waals surface area (Å²) in [5, 5.41) is 7.79. The van der Waals surface area contributed by atoms with Crippen LogP contribution < -0.4 is 15.5 Å². The number of carbonyl (C=O) groups is 1. The number of morpholine rings is 1. The van der Waals surface area contributed by atoms with Crippen molar-refractivity contribution in [3.8, 4) is 11.8 Å². The first-order valence-corrected chi connectivity index (χ1v) is 11.4. The molecule has 1 aromatic carbocycles. The van der Waals surface area contributed by atoms with Gasteiger partial charge < -0.3 is 20.3 Å². The van der Waals surface area contributed by atoms with Crippen LogP contribution >= 0.6 is 0 Å². The van der Waals surface area contributed by atoms with Crippen molar-refractivity contribution in [3.63, 3.8) is 0 Å². The highest BCUT2D eigenvalue weighted by molar-refractivity contribution is 5.99. The summed E-state index contributed by atoms with van der Waals surface area (Å²) in [5.74, 6) is 7.94. The molecule has 1 atom stereocenters. The number of benzene rings is 1. The molecule has 1 unspecified atom stereocenters. The van der Waals surface area contributed by atoms with Gasteiger partial charge in [-0.25, -0.2) is 9.97 Å². The van der Waals surface area contributed by atoms with E-state index < -0.39 is 0 Å². The van der Waals surface area contributed by atoms with Gasteiger partial charge in [-0.2, -0.15) is 0 Å². The lowest BCUT2D eigenvalue weighted by Crippen LogP contribution is -2.41. The highest BCUT2D eigenvalue weighted by Gasteiger charge is 2.29. The predicted octanol–water partition coefficient (Wildman–Crippen LogP) is 3.64. The van der Waals surface area contributed by atoms with Crippen LogP contribution in [0.15, 0.2) is 42.7 Å². The largest absolute Gasteiger partial charge is 0.375 e. The van der Waals surface area contributed by atoms with Crippen LogP contribution in [-0.4, -0.2) is 48.7 Å². The quantitative estimate of drug-likeness (QED) is 0.602. The molecular formula is C26H27N5O2. The molecule has 0 radical (unpaired) electrons. The van der Waals surface area contributed by atoms with Gasteiger partial charge in [0.15, 0.2) is 0 Å². The Bertz CT molecular complexity index is 1240. The van der Waals surface area contributed by atoms with Crippen molar-refractivity contribution in [2.24, 2.45) is 5.92 Å². The number of amides is 1. The SMILES string of the molecule is CNc1ncc(C#Cc2ccc(N3CCOC(C)C3)cc2)c2cc(NC(=O)C3CC3)ncc12. The minimum Gasteiger partial charge on any atom is -0.375 e. The molecule has 7 heteroatoms. The first-order chi connectivity index (χ1) is 16.1. The molecule has 2 aromatic heterocycles. The molecule has 1 aliphatic carbocycles. The standard InChI is InChI=1S/C26H27N5O2/c1-17-16-31(11-12-33-17)21-9-4-18(5-10-21)3-6-20-14-29-25(27-2)23-15-28-24(13-22(20)23)30-26(32)19-7-8-19/h4-5,9-10,13-15,17,19H,7-8,11-12,16H2,1-2H3,(H,27,29)(H,28,30,32). The molecule has 7 nitrogen and oxygen atoms in total. The van der Waals surface area contributed by atoms with Crippen molar-refractivity contribution in [2.45, 2.75) is 25.9 Å². The molecule has 1 amide bonds. The van der Waals surface area contributed by atoms with Gasteiger partial charge in [0, 0.05) is 60.5 Å². The second-order valence-corrected chi connectivity index (χ2v) is 8.57. The van der Waals surface area contributed by atoms with Crippen molar-refractivity contribution < 1.29 is 9.53 Å². The Morgan fingerprint density at radius 1 is 1.12 bits per heavy atom. The lowest BCUT2D eigenvalue weighted by Gasteiger charge is -2.32. The van der Waals surface area contributed by atoms with Crippen LogP contribution in [-0.2, 0) is 9.53 Å². The summed E-state index contributed by atoms with van der Waals surface area (Å²) >= 11 is 0. The number of pyridine rings is 2. The first-order valence-electron chi connectivity index (χ1n) is 11.4. The number of aromatic nitrogens is 2. The van der Waals surface area contributed by atoms with Gasteiger partial charge >= 0.3 is 0 Å². The van der Waals surface area contributed by atoms with Crippen molar-refractivity contribution in [1.82, 2.24) is 9.97 Å². The molecular weight excluding hydrogens is 414 g/mol. The summed E-state index contributed by atoms with van der Waals surface area (Å²) in [6.07, 6.45) is 5.64. The number of hydrogen-bond donors (Lipinski definition) is 2. The van der Waals surface area contributed by atoms with E-state index in [0.717, 1.165) is 60.3 Å². The third kappa shape index (κ3) is 4.76. The minimum atomic E-state index is 0.0344. The van der Waals surface area contributed by atoms with Gasteiger partial charge in [0.25, 0.3) is 0 Å². The summed E-state index contributed by atoms with van der Waals surface area (Å²) in [5.41, 5.74) is 2.91. The average Bonchev–Trinajstić information content (AvgIpc) is 3.68. The van der Waals surface area contributed by atoms with E-state index in [1.54, 1.807) is 12.4 Å². The van der Waals surface area contributed by atoms with E-state index >= 15 is 0 Å². The third-order valence-corrected chi connectivity index (χ3v) is 6.02. The van der Waals surface area contributed by atoms with Gasteiger partial charge in [0.05, 0.1) is 18.3 Å². The number of nitrogens with one attached hydrogen (secondary N) is 2. The van der Waals surface area contributed by atoms with Crippen molar-refractivity contribution in [1.29, 1.82) is 0 Å². The molecule has 1 saturated heterocycles. The van der Waals surface area contributed by atoms with Crippen LogP contribution in [0.4, 0.5) is 17.3 Å². The van der Waals surface area contributed by atoms with Gasteiger partial charge in [0.1, 0.15) is 11.6 Å². The van der Waals surface area contributed by atoms with E-state index in [1.165, 1.54) is 5.69 Å². The molecule has 3 aromatic rings. The molecule has 2 aliphatic rings. The number of nitrogens with zero attached hydrogens (tertiary/aromatic N) is 3. The van der Waals surface area contributed by atoms with Crippen LogP contribution in [0, 0.1) is 17.8 Å². The van der Waals surface area contributed by atoms with E-state index in [0.29, 0.717) is 5.82 Å². The zero-order valence-electron chi connectivity index (χ0n) is 18.9. The van der Waals surface area contributed by atoms with Crippen molar-refractivity contribution in [3.05, 3.63) is 53.9 Å². The Balaban J connectivity index is 1.42. The molecule has 0 spiro atoms. The average molecular weight is 442 g/mol. The Morgan fingerprint density at radius 3 is 2.67 bits per heavy atom. The maximum atomic E-state index is 12.2. The molecule has 2 N–H and O–H groups in total. The van der Waals surface area contributed by atoms with E-state index in [4.69, 9.17) is 4.74 Å². The highest BCUT2D eigenvalue weighted by atomic mass is 16.5. The second-order valence-electron chi connectivity index (χ2n) is 8.57.